The molecule has 12 heavy (non-hydrogen) atoms. The lowest BCUT2D eigenvalue weighted by Gasteiger charge is -2.21. The Kier molecular flexibility index (Phi) is 2.21. The Labute approximate surface area is 70.1 Å². The monoisotopic (exact) mass is 170 g/mol. The Morgan fingerprint density at radius 3 is 2.58 bits per heavy atom. The Bertz CT molecular complexity index is 205. The van der Waals surface area contributed by atoms with Gasteiger partial charge < -0.3 is 14.2 Å². The molecule has 0 radical (unpaired) electrons. The molecule has 1 unspecified atom stereocenters. The van der Waals surface area contributed by atoms with Gasteiger partial charge in [0, 0.05) is 0 Å². The van der Waals surface area contributed by atoms with Gasteiger partial charge in [0.15, 0.2) is 12.1 Å². The van der Waals surface area contributed by atoms with E-state index in [2.05, 4.69) is 0 Å². The Balaban J connectivity index is 1.96. The molecule has 2 aliphatic rings. The van der Waals surface area contributed by atoms with Crippen LogP contribution in [0.15, 0.2) is 12.2 Å². The SMILES string of the molecule is O=C1C=CC(C2OCCO2)OC1. The molecule has 0 aromatic rings. The molecule has 1 atom stereocenters. The van der Waals surface area contributed by atoms with Gasteiger partial charge in [0.05, 0.1) is 13.2 Å². The van der Waals surface area contributed by atoms with Crippen LogP contribution in [0.25, 0.3) is 0 Å². The van der Waals surface area contributed by atoms with Gasteiger partial charge in [-0.2, -0.15) is 0 Å². The molecule has 1 fully saturated rings. The predicted octanol–water partition coefficient (Wildman–Crippen LogP) is -0.117. The van der Waals surface area contributed by atoms with Crippen molar-refractivity contribution in [1.29, 1.82) is 0 Å². The average molecular weight is 170 g/mol. The summed E-state index contributed by atoms with van der Waals surface area (Å²) in [7, 11) is 0. The highest BCUT2D eigenvalue weighted by Gasteiger charge is 2.27. The lowest BCUT2D eigenvalue weighted by Crippen LogP contribution is -2.32. The number of hydrogen-bond acceptors (Lipinski definition) is 4. The third-order valence-corrected chi connectivity index (χ3v) is 1.81. The highest BCUT2D eigenvalue weighted by molar-refractivity contribution is 5.91. The molecule has 0 N–H and O–H groups in total. The Hall–Kier alpha value is -0.710. The van der Waals surface area contributed by atoms with Gasteiger partial charge in [-0.15, -0.1) is 0 Å². The van der Waals surface area contributed by atoms with Crippen LogP contribution in [0.1, 0.15) is 0 Å². The summed E-state index contributed by atoms with van der Waals surface area (Å²) in [5.41, 5.74) is 0. The first kappa shape index (κ1) is 7.91. The summed E-state index contributed by atoms with van der Waals surface area (Å²) in [6.07, 6.45) is 2.65. The molecule has 0 aliphatic carbocycles. The number of carbonyl (C=O) groups excluding carboxylic acids is 1. The molecule has 66 valence electrons. The third kappa shape index (κ3) is 1.55. The zero-order valence-electron chi connectivity index (χ0n) is 6.56. The molecule has 2 rings (SSSR count). The highest BCUT2D eigenvalue weighted by atomic mass is 16.7. The molecule has 0 saturated carbocycles. The first-order valence-electron chi connectivity index (χ1n) is 3.92. The van der Waals surface area contributed by atoms with Gasteiger partial charge in [-0.3, -0.25) is 4.79 Å². The zero-order chi connectivity index (χ0) is 8.39. The van der Waals surface area contributed by atoms with Crippen molar-refractivity contribution in [2.75, 3.05) is 19.8 Å². The van der Waals surface area contributed by atoms with Crippen LogP contribution in [-0.2, 0) is 19.0 Å². The molecule has 0 bridgehead atoms. The summed E-state index contributed by atoms with van der Waals surface area (Å²) in [5.74, 6) is -0.00996. The van der Waals surface area contributed by atoms with E-state index >= 15 is 0 Å². The van der Waals surface area contributed by atoms with Gasteiger partial charge in [0.2, 0.25) is 0 Å². The summed E-state index contributed by atoms with van der Waals surface area (Å²) in [4.78, 5) is 10.7. The van der Waals surface area contributed by atoms with Crippen LogP contribution in [0, 0.1) is 0 Å². The number of carbonyl (C=O) groups is 1. The minimum absolute atomic E-state index is 0.00996. The number of rotatable bonds is 1. The van der Waals surface area contributed by atoms with Crippen molar-refractivity contribution in [2.24, 2.45) is 0 Å². The molecule has 2 aliphatic heterocycles. The van der Waals surface area contributed by atoms with Crippen LogP contribution in [0.5, 0.6) is 0 Å². The predicted molar refractivity (Wildman–Crippen MR) is 39.6 cm³/mol. The van der Waals surface area contributed by atoms with E-state index in [1.807, 2.05) is 0 Å². The van der Waals surface area contributed by atoms with Gasteiger partial charge in [-0.1, -0.05) is 0 Å². The summed E-state index contributed by atoms with van der Waals surface area (Å²) >= 11 is 0. The van der Waals surface area contributed by atoms with Crippen LogP contribution >= 0.6 is 0 Å². The fourth-order valence-electron chi connectivity index (χ4n) is 1.22. The molecule has 0 aromatic carbocycles. The number of hydrogen-bond donors (Lipinski definition) is 0. The van der Waals surface area contributed by atoms with E-state index in [4.69, 9.17) is 14.2 Å². The molecule has 4 heteroatoms. The largest absolute Gasteiger partial charge is 0.361 e. The van der Waals surface area contributed by atoms with E-state index in [1.165, 1.54) is 6.08 Å². The van der Waals surface area contributed by atoms with E-state index in [0.717, 1.165) is 0 Å². The van der Waals surface area contributed by atoms with Crippen LogP contribution < -0.4 is 0 Å². The summed E-state index contributed by atoms with van der Waals surface area (Å²) in [6, 6.07) is 0. The summed E-state index contributed by atoms with van der Waals surface area (Å²) in [6.45, 7) is 1.34. The van der Waals surface area contributed by atoms with Gasteiger partial charge in [0.1, 0.15) is 12.7 Å². The summed E-state index contributed by atoms with van der Waals surface area (Å²) < 4.78 is 15.6. The lowest BCUT2D eigenvalue weighted by molar-refractivity contribution is -0.142. The third-order valence-electron chi connectivity index (χ3n) is 1.81. The first-order valence-corrected chi connectivity index (χ1v) is 3.92. The maximum absolute atomic E-state index is 10.7. The maximum Gasteiger partial charge on any atom is 0.187 e. The van der Waals surface area contributed by atoms with Gasteiger partial charge in [0.25, 0.3) is 0 Å². The molecule has 4 nitrogen and oxygen atoms in total. The number of ketones is 1. The fourth-order valence-corrected chi connectivity index (χ4v) is 1.22. The second-order valence-electron chi connectivity index (χ2n) is 2.71. The molecule has 1 saturated heterocycles. The smallest absolute Gasteiger partial charge is 0.187 e. The van der Waals surface area contributed by atoms with Crippen molar-refractivity contribution in [2.45, 2.75) is 12.4 Å². The molecule has 0 spiro atoms. The van der Waals surface area contributed by atoms with Gasteiger partial charge >= 0.3 is 0 Å². The second kappa shape index (κ2) is 3.35. The minimum atomic E-state index is -0.325. The molecular formula is C8H10O4. The van der Waals surface area contributed by atoms with E-state index < -0.39 is 0 Å². The van der Waals surface area contributed by atoms with Crippen LogP contribution in [0.2, 0.25) is 0 Å². The zero-order valence-corrected chi connectivity index (χ0v) is 6.56. The molecule has 0 aromatic heterocycles. The molecule has 0 amide bonds. The van der Waals surface area contributed by atoms with E-state index in [9.17, 15) is 4.79 Å². The van der Waals surface area contributed by atoms with E-state index in [0.29, 0.717) is 13.2 Å². The Morgan fingerprint density at radius 1 is 1.25 bits per heavy atom. The first-order chi connectivity index (χ1) is 5.86. The van der Waals surface area contributed by atoms with Gasteiger partial charge in [-0.25, -0.2) is 0 Å². The standard InChI is InChI=1S/C8H10O4/c9-6-1-2-7(12-5-6)8-10-3-4-11-8/h1-2,7-8H,3-5H2. The second-order valence-corrected chi connectivity index (χ2v) is 2.71. The average Bonchev–Trinajstić information content (AvgIpc) is 2.58. The van der Waals surface area contributed by atoms with Gasteiger partial charge in [-0.05, 0) is 12.2 Å². The van der Waals surface area contributed by atoms with Crippen LogP contribution in [0.3, 0.4) is 0 Å². The van der Waals surface area contributed by atoms with Crippen LogP contribution in [-0.4, -0.2) is 38.0 Å². The fraction of sp³-hybridized carbons (Fsp3) is 0.625. The van der Waals surface area contributed by atoms with E-state index in [-0.39, 0.29) is 24.8 Å². The summed E-state index contributed by atoms with van der Waals surface area (Å²) in [5, 5.41) is 0. The van der Waals surface area contributed by atoms with Crippen molar-refractivity contribution in [3.63, 3.8) is 0 Å². The van der Waals surface area contributed by atoms with E-state index in [1.54, 1.807) is 6.08 Å². The highest BCUT2D eigenvalue weighted by Crippen LogP contribution is 2.15. The maximum atomic E-state index is 10.7. The molecular weight excluding hydrogens is 160 g/mol. The number of ether oxygens (including phenoxy) is 3. The van der Waals surface area contributed by atoms with Crippen molar-refractivity contribution in [3.8, 4) is 0 Å². The topological polar surface area (TPSA) is 44.8 Å². The van der Waals surface area contributed by atoms with Crippen molar-refractivity contribution >= 4 is 5.78 Å². The Morgan fingerprint density at radius 2 is 2.00 bits per heavy atom. The van der Waals surface area contributed by atoms with Crippen molar-refractivity contribution in [1.82, 2.24) is 0 Å². The van der Waals surface area contributed by atoms with Crippen molar-refractivity contribution < 1.29 is 19.0 Å². The van der Waals surface area contributed by atoms with Crippen molar-refractivity contribution in [3.05, 3.63) is 12.2 Å². The normalized spacial score (nSPS) is 31.3. The molecule has 2 heterocycles. The van der Waals surface area contributed by atoms with Crippen LogP contribution in [0.4, 0.5) is 0 Å². The lowest BCUT2D eigenvalue weighted by atomic mass is 10.2. The quantitative estimate of drug-likeness (QED) is 0.550. The minimum Gasteiger partial charge on any atom is -0.361 e.